The van der Waals surface area contributed by atoms with Gasteiger partial charge >= 0.3 is 0 Å². The molecule has 0 amide bonds. The molecule has 0 atom stereocenters. The zero-order valence-corrected chi connectivity index (χ0v) is 17.1. The largest absolute Gasteiger partial charge is 0.490 e. The number of benzene rings is 1. The van der Waals surface area contributed by atoms with E-state index < -0.39 is 18.5 Å². The van der Waals surface area contributed by atoms with Crippen LogP contribution < -0.4 is 10.3 Å². The maximum atomic E-state index is 12.7. The number of aromatic nitrogens is 1. The van der Waals surface area contributed by atoms with Crippen LogP contribution in [0.25, 0.3) is 11.3 Å². The zero-order valence-electron chi connectivity index (χ0n) is 12.1. The van der Waals surface area contributed by atoms with E-state index in [2.05, 4.69) is 12.6 Å². The van der Waals surface area contributed by atoms with Crippen LogP contribution in [0.3, 0.4) is 0 Å². The fourth-order valence-corrected chi connectivity index (χ4v) is 2.36. The fourth-order valence-electron chi connectivity index (χ4n) is 1.92. The molecule has 1 aromatic carbocycles. The summed E-state index contributed by atoms with van der Waals surface area (Å²) in [6, 6.07) is 11.2. The van der Waals surface area contributed by atoms with Gasteiger partial charge in [0, 0.05) is 32.7 Å². The van der Waals surface area contributed by atoms with Gasteiger partial charge in [0.2, 0.25) is 5.56 Å². The van der Waals surface area contributed by atoms with E-state index in [0.29, 0.717) is 27.2 Å². The molecule has 1 radical (unpaired) electrons. The van der Waals surface area contributed by atoms with E-state index in [9.17, 15) is 13.6 Å². The number of hydrogen-bond donors (Lipinski definition) is 0. The van der Waals surface area contributed by atoms with Gasteiger partial charge in [-0.3, -0.25) is 4.79 Å². The second-order valence-corrected chi connectivity index (χ2v) is 5.58. The Morgan fingerprint density at radius 3 is 2.57 bits per heavy atom. The van der Waals surface area contributed by atoms with E-state index in [4.69, 9.17) is 4.74 Å². The van der Waals surface area contributed by atoms with Crippen LogP contribution in [-0.2, 0) is 39.3 Å². The van der Waals surface area contributed by atoms with Crippen LogP contribution in [0, 0.1) is 9.64 Å². The minimum absolute atomic E-state index is 0. The van der Waals surface area contributed by atoms with E-state index in [1.807, 2.05) is 22.6 Å². The fraction of sp³-hybridized carbons (Fsp3) is 0.188. The topological polar surface area (TPSA) is 31.2 Å². The molecule has 0 N–H and O–H groups in total. The van der Waals surface area contributed by atoms with Crippen molar-refractivity contribution in [2.45, 2.75) is 13.0 Å². The molecule has 0 saturated carbocycles. The van der Waals surface area contributed by atoms with Gasteiger partial charge in [0.05, 0.1) is 6.54 Å². The number of alkyl halides is 2. The third-order valence-electron chi connectivity index (χ3n) is 2.87. The van der Waals surface area contributed by atoms with Crippen LogP contribution in [0.2, 0.25) is 0 Å². The third kappa shape index (κ3) is 5.46. The normalized spacial score (nSPS) is 10.3. The predicted octanol–water partition coefficient (Wildman–Crippen LogP) is 3.75. The first-order chi connectivity index (χ1) is 10.5. The van der Waals surface area contributed by atoms with Crippen LogP contribution >= 0.6 is 22.6 Å². The number of rotatable bonds is 6. The molecular weight excluding hydrogens is 492 g/mol. The van der Waals surface area contributed by atoms with Gasteiger partial charge in [0.25, 0.3) is 6.43 Å². The molecule has 119 valence electrons. The van der Waals surface area contributed by atoms with Crippen LogP contribution in [0.15, 0.2) is 47.8 Å². The summed E-state index contributed by atoms with van der Waals surface area (Å²) in [4.78, 5) is 12.1. The van der Waals surface area contributed by atoms with Crippen molar-refractivity contribution >= 4 is 22.6 Å². The van der Waals surface area contributed by atoms with Crippen LogP contribution in [-0.4, -0.2) is 17.6 Å². The first kappa shape index (κ1) is 20.4. The zero-order chi connectivity index (χ0) is 16.1. The van der Waals surface area contributed by atoms with E-state index in [-0.39, 0.29) is 32.7 Å². The smallest absolute Gasteiger partial charge is 0.256 e. The molecule has 0 aliphatic heterocycles. The first-order valence-electron chi connectivity index (χ1n) is 6.46. The molecule has 0 bridgehead atoms. The van der Waals surface area contributed by atoms with E-state index >= 15 is 0 Å². The van der Waals surface area contributed by atoms with Gasteiger partial charge < -0.3 is 9.30 Å². The van der Waals surface area contributed by atoms with Gasteiger partial charge in [0.1, 0.15) is 12.4 Å². The summed E-state index contributed by atoms with van der Waals surface area (Å²) < 4.78 is 32.2. The molecule has 1 heterocycles. The Morgan fingerprint density at radius 2 is 2.00 bits per heavy atom. The maximum Gasteiger partial charge on any atom is 0.256 e. The maximum absolute atomic E-state index is 12.7. The molecule has 3 nitrogen and oxygen atoms in total. The van der Waals surface area contributed by atoms with Gasteiger partial charge in [-0.1, -0.05) is 23.9 Å². The predicted molar refractivity (Wildman–Crippen MR) is 89.4 cm³/mol. The van der Waals surface area contributed by atoms with Crippen LogP contribution in [0.5, 0.6) is 5.75 Å². The van der Waals surface area contributed by atoms with Crippen molar-refractivity contribution in [2.24, 2.45) is 0 Å². The summed E-state index contributed by atoms with van der Waals surface area (Å²) in [5.74, 6) is 0.636. The van der Waals surface area contributed by atoms with Crippen LogP contribution in [0.4, 0.5) is 8.78 Å². The van der Waals surface area contributed by atoms with Crippen molar-refractivity contribution in [3.63, 3.8) is 0 Å². The molecular formula is C16H13F2INO2Y-. The molecule has 0 spiro atoms. The monoisotopic (exact) mass is 505 g/mol. The van der Waals surface area contributed by atoms with E-state index in [0.717, 1.165) is 4.57 Å². The van der Waals surface area contributed by atoms with Gasteiger partial charge in [-0.25, -0.2) is 8.78 Å². The number of pyridine rings is 1. The Balaban J connectivity index is 0.00000264. The molecule has 0 saturated heterocycles. The summed E-state index contributed by atoms with van der Waals surface area (Å²) >= 11 is 1.81. The Hall–Kier alpha value is -0.596. The second kappa shape index (κ2) is 9.64. The van der Waals surface area contributed by atoms with E-state index in [1.54, 1.807) is 30.3 Å². The molecule has 2 aromatic rings. The first-order valence-corrected chi connectivity index (χ1v) is 7.54. The molecule has 0 unspecified atom stereocenters. The molecule has 0 fully saturated rings. The summed E-state index contributed by atoms with van der Waals surface area (Å²) in [6.45, 7) is 3.28. The minimum Gasteiger partial charge on any atom is -0.490 e. The van der Waals surface area contributed by atoms with Crippen molar-refractivity contribution in [3.8, 4) is 17.0 Å². The minimum atomic E-state index is -2.61. The standard InChI is InChI=1S/C16H13F2INO2.Y/c1-2-9-22-12-5-3-11(4-6-12)14-8-7-13(19)16(21)20(14)10-15(17)18;/h2-7,15H,1,9-10H2;/q-1;. The second-order valence-electron chi connectivity index (χ2n) is 4.42. The summed E-state index contributed by atoms with van der Waals surface area (Å²) in [5.41, 5.74) is 0.516. The molecule has 1 aromatic heterocycles. The average Bonchev–Trinajstić information content (AvgIpc) is 2.50. The Labute approximate surface area is 171 Å². The van der Waals surface area contributed by atoms with Crippen LogP contribution in [0.1, 0.15) is 0 Å². The Kier molecular flexibility index (Phi) is 8.57. The van der Waals surface area contributed by atoms with E-state index in [1.165, 1.54) is 6.07 Å². The van der Waals surface area contributed by atoms with Crippen molar-refractivity contribution < 1.29 is 46.2 Å². The third-order valence-corrected chi connectivity index (χ3v) is 3.64. The summed E-state index contributed by atoms with van der Waals surface area (Å²) in [5, 5.41) is 0. The van der Waals surface area contributed by atoms with Gasteiger partial charge in [-0.05, 0) is 15.7 Å². The Morgan fingerprint density at radius 1 is 1.35 bits per heavy atom. The SMILES string of the molecule is C=CCOc1ccc(-c2[c-]cc(I)c(=O)n2CC(F)F)cc1.[Y]. The van der Waals surface area contributed by atoms with Crippen molar-refractivity contribution in [1.82, 2.24) is 4.57 Å². The molecule has 23 heavy (non-hydrogen) atoms. The number of nitrogens with zero attached hydrogens (tertiary/aromatic N) is 1. The molecule has 2 rings (SSSR count). The molecule has 0 aliphatic carbocycles. The van der Waals surface area contributed by atoms with Gasteiger partial charge in [-0.2, -0.15) is 12.1 Å². The van der Waals surface area contributed by atoms with Gasteiger partial charge in [0.15, 0.2) is 0 Å². The number of ether oxygens (including phenoxy) is 1. The van der Waals surface area contributed by atoms with Gasteiger partial charge in [-0.15, -0.1) is 34.7 Å². The van der Waals surface area contributed by atoms with Crippen molar-refractivity contribution in [1.29, 1.82) is 0 Å². The average molecular weight is 505 g/mol. The van der Waals surface area contributed by atoms with Crippen molar-refractivity contribution in [3.05, 3.63) is 63.0 Å². The summed E-state index contributed by atoms with van der Waals surface area (Å²) in [7, 11) is 0. The summed E-state index contributed by atoms with van der Waals surface area (Å²) in [6.07, 6.45) is -0.987. The number of halogens is 3. The number of hydrogen-bond acceptors (Lipinski definition) is 2. The molecule has 0 aliphatic rings. The molecule has 7 heteroatoms. The Bertz CT molecular complexity index is 717. The van der Waals surface area contributed by atoms with Crippen molar-refractivity contribution in [2.75, 3.05) is 6.61 Å². The quantitative estimate of drug-likeness (QED) is 0.341.